The lowest BCUT2D eigenvalue weighted by molar-refractivity contribution is 0.355. The standard InChI is InChI=1S/C22H25NO6/c1-23(2)9-8-14-21(25)19(28-5)11-15-20(24)16(12-29-22(14)15)13-6-7-17(26-3)18(10-13)27-4/h6-7,10-12,25H,8-9H2,1-5H3. The molecule has 1 heterocycles. The number of methoxy groups -OCH3 is 3. The van der Waals surface area contributed by atoms with Gasteiger partial charge in [0.1, 0.15) is 11.8 Å². The number of phenols is 1. The Bertz CT molecular complexity index is 1090. The normalized spacial score (nSPS) is 11.1. The summed E-state index contributed by atoms with van der Waals surface area (Å²) in [5.41, 5.74) is 1.70. The smallest absolute Gasteiger partial charge is 0.200 e. The van der Waals surface area contributed by atoms with Gasteiger partial charge in [-0.2, -0.15) is 0 Å². The zero-order chi connectivity index (χ0) is 21.1. The summed E-state index contributed by atoms with van der Waals surface area (Å²) >= 11 is 0. The van der Waals surface area contributed by atoms with E-state index in [9.17, 15) is 9.90 Å². The number of ether oxygens (including phenoxy) is 3. The van der Waals surface area contributed by atoms with E-state index in [1.54, 1.807) is 25.3 Å². The van der Waals surface area contributed by atoms with Crippen LogP contribution < -0.4 is 19.6 Å². The molecule has 7 heteroatoms. The quantitative estimate of drug-likeness (QED) is 0.653. The van der Waals surface area contributed by atoms with Crippen molar-refractivity contribution in [1.82, 2.24) is 4.90 Å². The third-order valence-corrected chi connectivity index (χ3v) is 4.82. The van der Waals surface area contributed by atoms with Crippen LogP contribution in [-0.2, 0) is 6.42 Å². The lowest BCUT2D eigenvalue weighted by Crippen LogP contribution is -2.16. The van der Waals surface area contributed by atoms with Gasteiger partial charge in [0.25, 0.3) is 0 Å². The summed E-state index contributed by atoms with van der Waals surface area (Å²) in [5, 5.41) is 10.9. The van der Waals surface area contributed by atoms with Gasteiger partial charge in [-0.3, -0.25) is 4.79 Å². The molecule has 0 bridgehead atoms. The van der Waals surface area contributed by atoms with Gasteiger partial charge in [-0.05, 0) is 44.3 Å². The molecule has 0 saturated heterocycles. The van der Waals surface area contributed by atoms with Crippen molar-refractivity contribution >= 4 is 11.0 Å². The maximum absolute atomic E-state index is 13.3. The highest BCUT2D eigenvalue weighted by Crippen LogP contribution is 2.37. The fraction of sp³-hybridized carbons (Fsp3) is 0.318. The predicted octanol–water partition coefficient (Wildman–Crippen LogP) is 3.30. The van der Waals surface area contributed by atoms with Gasteiger partial charge in [0, 0.05) is 12.1 Å². The molecule has 7 nitrogen and oxygen atoms in total. The molecule has 0 fully saturated rings. The van der Waals surface area contributed by atoms with E-state index in [1.165, 1.54) is 26.5 Å². The molecule has 1 aromatic heterocycles. The number of aromatic hydroxyl groups is 1. The van der Waals surface area contributed by atoms with E-state index >= 15 is 0 Å². The molecule has 1 N–H and O–H groups in total. The first-order valence-corrected chi connectivity index (χ1v) is 9.12. The van der Waals surface area contributed by atoms with Crippen LogP contribution in [0.1, 0.15) is 5.56 Å². The number of nitrogens with zero attached hydrogens (tertiary/aromatic N) is 1. The number of hydrogen-bond donors (Lipinski definition) is 1. The average molecular weight is 399 g/mol. The number of fused-ring (bicyclic) bond motifs is 1. The van der Waals surface area contributed by atoms with Gasteiger partial charge in [0.05, 0.1) is 32.3 Å². The van der Waals surface area contributed by atoms with Gasteiger partial charge < -0.3 is 28.6 Å². The minimum atomic E-state index is -0.220. The Balaban J connectivity index is 2.22. The molecular weight excluding hydrogens is 374 g/mol. The summed E-state index contributed by atoms with van der Waals surface area (Å²) in [6.07, 6.45) is 1.92. The third-order valence-electron chi connectivity index (χ3n) is 4.82. The van der Waals surface area contributed by atoms with Gasteiger partial charge in [0.2, 0.25) is 5.43 Å². The molecule has 3 rings (SSSR count). The highest BCUT2D eigenvalue weighted by Gasteiger charge is 2.20. The third kappa shape index (κ3) is 3.86. The number of phenolic OH excluding ortho intramolecular Hbond substituents is 1. The molecule has 0 aliphatic heterocycles. The molecule has 0 amide bonds. The minimum absolute atomic E-state index is 0.0103. The number of hydrogen-bond acceptors (Lipinski definition) is 7. The Morgan fingerprint density at radius 3 is 2.31 bits per heavy atom. The molecule has 2 aromatic carbocycles. The van der Waals surface area contributed by atoms with Crippen molar-refractivity contribution < 1.29 is 23.7 Å². The van der Waals surface area contributed by atoms with Crippen molar-refractivity contribution in [2.24, 2.45) is 0 Å². The Labute approximate surface area is 169 Å². The van der Waals surface area contributed by atoms with Crippen molar-refractivity contribution in [2.45, 2.75) is 6.42 Å². The van der Waals surface area contributed by atoms with Crippen LogP contribution in [-0.4, -0.2) is 52.0 Å². The number of likely N-dealkylation sites (N-methyl/N-ethyl adjacent to an activating group) is 1. The van der Waals surface area contributed by atoms with Crippen LogP contribution in [0.25, 0.3) is 22.1 Å². The summed E-state index contributed by atoms with van der Waals surface area (Å²) in [6, 6.07) is 6.74. The molecule has 0 atom stereocenters. The van der Waals surface area contributed by atoms with Crippen molar-refractivity contribution in [1.29, 1.82) is 0 Å². The van der Waals surface area contributed by atoms with E-state index in [4.69, 9.17) is 18.6 Å². The number of benzene rings is 2. The van der Waals surface area contributed by atoms with Crippen LogP contribution in [0.3, 0.4) is 0 Å². The Hall–Kier alpha value is -3.19. The molecule has 29 heavy (non-hydrogen) atoms. The van der Waals surface area contributed by atoms with E-state index in [-0.39, 0.29) is 16.9 Å². The van der Waals surface area contributed by atoms with Gasteiger partial charge in [-0.15, -0.1) is 0 Å². The molecule has 0 saturated carbocycles. The number of rotatable bonds is 7. The summed E-state index contributed by atoms with van der Waals surface area (Å²) in [5.74, 6) is 1.31. The van der Waals surface area contributed by atoms with Crippen LogP contribution in [0.2, 0.25) is 0 Å². The average Bonchev–Trinajstić information content (AvgIpc) is 2.72. The predicted molar refractivity (Wildman–Crippen MR) is 111 cm³/mol. The summed E-state index contributed by atoms with van der Waals surface area (Å²) < 4.78 is 21.7. The van der Waals surface area contributed by atoms with E-state index in [0.29, 0.717) is 52.1 Å². The maximum Gasteiger partial charge on any atom is 0.200 e. The second-order valence-electron chi connectivity index (χ2n) is 6.88. The lowest BCUT2D eigenvalue weighted by atomic mass is 10.0. The molecule has 0 spiro atoms. The second kappa shape index (κ2) is 8.45. The SMILES string of the molecule is COc1ccc(-c2coc3c(CCN(C)C)c(O)c(OC)cc3c2=O)cc1OC. The van der Waals surface area contributed by atoms with E-state index in [1.807, 2.05) is 19.0 Å². The fourth-order valence-electron chi connectivity index (χ4n) is 3.23. The van der Waals surface area contributed by atoms with E-state index < -0.39 is 0 Å². The molecule has 0 unspecified atom stereocenters. The molecule has 3 aromatic rings. The maximum atomic E-state index is 13.3. The first-order chi connectivity index (χ1) is 13.9. The molecule has 154 valence electrons. The highest BCUT2D eigenvalue weighted by molar-refractivity contribution is 5.88. The lowest BCUT2D eigenvalue weighted by Gasteiger charge is -2.15. The Morgan fingerprint density at radius 2 is 1.69 bits per heavy atom. The minimum Gasteiger partial charge on any atom is -0.504 e. The highest BCUT2D eigenvalue weighted by atomic mass is 16.5. The monoisotopic (exact) mass is 399 g/mol. The van der Waals surface area contributed by atoms with Crippen LogP contribution in [0, 0.1) is 0 Å². The first kappa shape index (κ1) is 20.5. The molecule has 0 aliphatic carbocycles. The van der Waals surface area contributed by atoms with Gasteiger partial charge in [-0.25, -0.2) is 0 Å². The van der Waals surface area contributed by atoms with Crippen LogP contribution in [0.5, 0.6) is 23.0 Å². The van der Waals surface area contributed by atoms with E-state index in [2.05, 4.69) is 0 Å². The fourth-order valence-corrected chi connectivity index (χ4v) is 3.23. The second-order valence-corrected chi connectivity index (χ2v) is 6.88. The van der Waals surface area contributed by atoms with Gasteiger partial charge >= 0.3 is 0 Å². The Kier molecular flexibility index (Phi) is 5.98. The van der Waals surface area contributed by atoms with Crippen LogP contribution in [0.15, 0.2) is 39.7 Å². The molecule has 0 aliphatic rings. The Morgan fingerprint density at radius 1 is 1.00 bits per heavy atom. The largest absolute Gasteiger partial charge is 0.504 e. The summed E-state index contributed by atoms with van der Waals surface area (Å²) in [4.78, 5) is 15.3. The summed E-state index contributed by atoms with van der Waals surface area (Å²) in [7, 11) is 8.41. The van der Waals surface area contributed by atoms with Crippen molar-refractivity contribution in [3.63, 3.8) is 0 Å². The van der Waals surface area contributed by atoms with Crippen molar-refractivity contribution in [2.75, 3.05) is 42.0 Å². The topological polar surface area (TPSA) is 81.4 Å². The molecule has 0 radical (unpaired) electrons. The molecular formula is C22H25NO6. The van der Waals surface area contributed by atoms with Crippen molar-refractivity contribution in [3.05, 3.63) is 46.3 Å². The van der Waals surface area contributed by atoms with Crippen LogP contribution in [0.4, 0.5) is 0 Å². The zero-order valence-corrected chi connectivity index (χ0v) is 17.2. The zero-order valence-electron chi connectivity index (χ0n) is 17.2. The van der Waals surface area contributed by atoms with Crippen LogP contribution >= 0.6 is 0 Å². The van der Waals surface area contributed by atoms with E-state index in [0.717, 1.165) is 0 Å². The van der Waals surface area contributed by atoms with Gasteiger partial charge in [-0.1, -0.05) is 6.07 Å². The summed E-state index contributed by atoms with van der Waals surface area (Å²) in [6.45, 7) is 0.678. The van der Waals surface area contributed by atoms with Gasteiger partial charge in [0.15, 0.2) is 23.0 Å². The first-order valence-electron chi connectivity index (χ1n) is 9.12. The van der Waals surface area contributed by atoms with Crippen molar-refractivity contribution in [3.8, 4) is 34.1 Å².